The Balaban J connectivity index is 2.68. The van der Waals surface area contributed by atoms with Gasteiger partial charge in [-0.1, -0.05) is 19.9 Å². The fourth-order valence-corrected chi connectivity index (χ4v) is 1.62. The summed E-state index contributed by atoms with van der Waals surface area (Å²) in [4.78, 5) is 4.35. The van der Waals surface area contributed by atoms with Crippen LogP contribution in [0.3, 0.4) is 0 Å². The van der Waals surface area contributed by atoms with E-state index in [9.17, 15) is 0 Å². The van der Waals surface area contributed by atoms with Crippen LogP contribution in [0.5, 0.6) is 5.88 Å². The lowest BCUT2D eigenvalue weighted by atomic mass is 10.0. The number of aliphatic hydroxyl groups excluding tert-OH is 1. The minimum atomic E-state index is 0.182. The monoisotopic (exact) mass is 238 g/mol. The van der Waals surface area contributed by atoms with E-state index >= 15 is 0 Å². The highest BCUT2D eigenvalue weighted by Crippen LogP contribution is 2.16. The number of aromatic nitrogens is 1. The number of nitrogens with one attached hydrogen (secondary N) is 1. The van der Waals surface area contributed by atoms with Crippen LogP contribution in [0.4, 0.5) is 5.82 Å². The van der Waals surface area contributed by atoms with Gasteiger partial charge in [-0.25, -0.2) is 0 Å². The fraction of sp³-hybridized carbons (Fsp3) is 0.615. The van der Waals surface area contributed by atoms with E-state index in [-0.39, 0.29) is 12.6 Å². The van der Waals surface area contributed by atoms with Crippen LogP contribution >= 0.6 is 0 Å². The third-order valence-corrected chi connectivity index (χ3v) is 2.59. The molecule has 0 spiro atoms. The van der Waals surface area contributed by atoms with Crippen LogP contribution in [0.15, 0.2) is 18.2 Å². The lowest BCUT2D eigenvalue weighted by Gasteiger charge is -2.22. The quantitative estimate of drug-likeness (QED) is 0.765. The van der Waals surface area contributed by atoms with Crippen LogP contribution in [0.2, 0.25) is 0 Å². The van der Waals surface area contributed by atoms with Gasteiger partial charge in [0, 0.05) is 18.7 Å². The van der Waals surface area contributed by atoms with Gasteiger partial charge in [0.1, 0.15) is 5.82 Å². The number of hydrogen-bond donors (Lipinski definition) is 2. The van der Waals surface area contributed by atoms with E-state index in [1.54, 1.807) is 0 Å². The topological polar surface area (TPSA) is 54.4 Å². The minimum absolute atomic E-state index is 0.182. The van der Waals surface area contributed by atoms with Crippen LogP contribution < -0.4 is 10.1 Å². The van der Waals surface area contributed by atoms with Crippen LogP contribution in [0.25, 0.3) is 0 Å². The van der Waals surface area contributed by atoms with E-state index in [1.807, 2.05) is 25.1 Å². The van der Waals surface area contributed by atoms with Gasteiger partial charge in [0.15, 0.2) is 0 Å². The Morgan fingerprint density at radius 1 is 1.41 bits per heavy atom. The third kappa shape index (κ3) is 4.61. The number of anilines is 1. The molecule has 96 valence electrons. The largest absolute Gasteiger partial charge is 0.478 e. The first-order valence-electron chi connectivity index (χ1n) is 6.14. The number of ether oxygens (including phenoxy) is 1. The molecule has 0 aromatic carbocycles. The average molecular weight is 238 g/mol. The fourth-order valence-electron chi connectivity index (χ4n) is 1.62. The standard InChI is InChI=1S/C13H22N2O2/c1-4-17-13-7-5-6-12(15-13)14-11(8-9-16)10(2)3/h5-7,10-11,16H,4,8-9H2,1-3H3,(H,14,15). The molecule has 0 saturated heterocycles. The molecule has 0 radical (unpaired) electrons. The highest BCUT2D eigenvalue weighted by Gasteiger charge is 2.13. The number of rotatable bonds is 7. The molecule has 17 heavy (non-hydrogen) atoms. The molecule has 0 amide bonds. The maximum atomic E-state index is 9.02. The summed E-state index contributed by atoms with van der Waals surface area (Å²) >= 11 is 0. The molecule has 0 fully saturated rings. The summed E-state index contributed by atoms with van der Waals surface area (Å²) in [5, 5.41) is 12.3. The summed E-state index contributed by atoms with van der Waals surface area (Å²) in [5.74, 6) is 1.87. The molecule has 0 aliphatic rings. The predicted molar refractivity (Wildman–Crippen MR) is 69.4 cm³/mol. The highest BCUT2D eigenvalue weighted by atomic mass is 16.5. The Morgan fingerprint density at radius 2 is 2.18 bits per heavy atom. The van der Waals surface area contributed by atoms with E-state index in [0.717, 1.165) is 12.2 Å². The van der Waals surface area contributed by atoms with Crippen molar-refractivity contribution in [3.8, 4) is 5.88 Å². The zero-order valence-electron chi connectivity index (χ0n) is 10.8. The average Bonchev–Trinajstić information content (AvgIpc) is 2.29. The van der Waals surface area contributed by atoms with Gasteiger partial charge >= 0.3 is 0 Å². The smallest absolute Gasteiger partial charge is 0.215 e. The second-order valence-electron chi connectivity index (χ2n) is 4.30. The summed E-state index contributed by atoms with van der Waals surface area (Å²) in [6, 6.07) is 5.89. The van der Waals surface area contributed by atoms with Crippen molar-refractivity contribution in [3.05, 3.63) is 18.2 Å². The van der Waals surface area contributed by atoms with Gasteiger partial charge in [-0.15, -0.1) is 0 Å². The second-order valence-corrected chi connectivity index (χ2v) is 4.30. The first kappa shape index (κ1) is 13.8. The van der Waals surface area contributed by atoms with E-state index in [2.05, 4.69) is 24.1 Å². The van der Waals surface area contributed by atoms with E-state index in [1.165, 1.54) is 0 Å². The number of pyridine rings is 1. The molecule has 1 rings (SSSR count). The molecule has 0 saturated carbocycles. The summed E-state index contributed by atoms with van der Waals surface area (Å²) in [7, 11) is 0. The van der Waals surface area contributed by atoms with Crippen molar-refractivity contribution < 1.29 is 9.84 Å². The van der Waals surface area contributed by atoms with E-state index in [4.69, 9.17) is 9.84 Å². The van der Waals surface area contributed by atoms with E-state index < -0.39 is 0 Å². The van der Waals surface area contributed by atoms with Crippen LogP contribution in [0.1, 0.15) is 27.2 Å². The van der Waals surface area contributed by atoms with Gasteiger partial charge in [-0.3, -0.25) is 0 Å². The maximum Gasteiger partial charge on any atom is 0.215 e. The van der Waals surface area contributed by atoms with Crippen molar-refractivity contribution >= 4 is 5.82 Å². The molecule has 1 aromatic rings. The molecule has 2 N–H and O–H groups in total. The molecular formula is C13H22N2O2. The molecule has 0 aliphatic carbocycles. The third-order valence-electron chi connectivity index (χ3n) is 2.59. The summed E-state index contributed by atoms with van der Waals surface area (Å²) < 4.78 is 5.35. The first-order chi connectivity index (χ1) is 8.17. The van der Waals surface area contributed by atoms with Crippen molar-refractivity contribution in [2.24, 2.45) is 5.92 Å². The lowest BCUT2D eigenvalue weighted by Crippen LogP contribution is -2.27. The van der Waals surface area contributed by atoms with Crippen molar-refractivity contribution in [2.75, 3.05) is 18.5 Å². The van der Waals surface area contributed by atoms with Crippen molar-refractivity contribution in [2.45, 2.75) is 33.2 Å². The Kier molecular flexibility index (Phi) is 5.77. The van der Waals surface area contributed by atoms with Gasteiger partial charge in [0.05, 0.1) is 6.61 Å². The van der Waals surface area contributed by atoms with Crippen LogP contribution in [0, 0.1) is 5.92 Å². The molecule has 1 heterocycles. The van der Waals surface area contributed by atoms with Crippen LogP contribution in [-0.4, -0.2) is 29.3 Å². The molecule has 0 bridgehead atoms. The second kappa shape index (κ2) is 7.12. The Hall–Kier alpha value is -1.29. The Labute approximate surface area is 103 Å². The Bertz CT molecular complexity index is 329. The zero-order chi connectivity index (χ0) is 12.7. The normalized spacial score (nSPS) is 12.5. The van der Waals surface area contributed by atoms with Crippen molar-refractivity contribution in [1.29, 1.82) is 0 Å². The summed E-state index contributed by atoms with van der Waals surface area (Å²) in [6.07, 6.45) is 0.720. The molecule has 4 nitrogen and oxygen atoms in total. The van der Waals surface area contributed by atoms with Crippen molar-refractivity contribution in [3.63, 3.8) is 0 Å². The first-order valence-corrected chi connectivity index (χ1v) is 6.14. The van der Waals surface area contributed by atoms with Gasteiger partial charge < -0.3 is 15.2 Å². The molecule has 1 aromatic heterocycles. The highest BCUT2D eigenvalue weighted by molar-refractivity contribution is 5.38. The molecule has 1 unspecified atom stereocenters. The minimum Gasteiger partial charge on any atom is -0.478 e. The van der Waals surface area contributed by atoms with Gasteiger partial charge in [0.25, 0.3) is 0 Å². The zero-order valence-corrected chi connectivity index (χ0v) is 10.8. The molecular weight excluding hydrogens is 216 g/mol. The number of hydrogen-bond acceptors (Lipinski definition) is 4. The van der Waals surface area contributed by atoms with Crippen LogP contribution in [-0.2, 0) is 0 Å². The Morgan fingerprint density at radius 3 is 2.76 bits per heavy atom. The SMILES string of the molecule is CCOc1cccc(NC(CCO)C(C)C)n1. The van der Waals surface area contributed by atoms with Gasteiger partial charge in [0.2, 0.25) is 5.88 Å². The lowest BCUT2D eigenvalue weighted by molar-refractivity contribution is 0.267. The summed E-state index contributed by atoms with van der Waals surface area (Å²) in [6.45, 7) is 6.98. The maximum absolute atomic E-state index is 9.02. The molecule has 4 heteroatoms. The van der Waals surface area contributed by atoms with Gasteiger partial charge in [-0.2, -0.15) is 4.98 Å². The molecule has 0 aliphatic heterocycles. The predicted octanol–water partition coefficient (Wildman–Crippen LogP) is 2.30. The summed E-state index contributed by atoms with van der Waals surface area (Å²) in [5.41, 5.74) is 0. The van der Waals surface area contributed by atoms with E-state index in [0.29, 0.717) is 18.4 Å². The number of aliphatic hydroxyl groups is 1. The van der Waals surface area contributed by atoms with Gasteiger partial charge in [-0.05, 0) is 25.3 Å². The number of nitrogens with zero attached hydrogens (tertiary/aromatic N) is 1. The molecule has 1 atom stereocenters. The van der Waals surface area contributed by atoms with Crippen molar-refractivity contribution in [1.82, 2.24) is 4.98 Å².